The summed E-state index contributed by atoms with van der Waals surface area (Å²) >= 11 is 0. The predicted octanol–water partition coefficient (Wildman–Crippen LogP) is 7.45. The maximum atomic E-state index is 13.8. The number of benzene rings is 4. The number of likely N-dealkylation sites (N-methyl/N-ethyl adjacent to an activating group) is 2. The van der Waals surface area contributed by atoms with E-state index in [-0.39, 0.29) is 46.9 Å². The smallest absolute Gasteiger partial charge is 0.421 e. The topological polar surface area (TPSA) is 343 Å². The summed E-state index contributed by atoms with van der Waals surface area (Å²) in [5.74, 6) is -4.69. The minimum absolute atomic E-state index is 0.0332. The lowest BCUT2D eigenvalue weighted by Gasteiger charge is -2.30. The van der Waals surface area contributed by atoms with Gasteiger partial charge in [0.2, 0.25) is 0 Å². The third-order valence-electron chi connectivity index (χ3n) is 14.5. The van der Waals surface area contributed by atoms with Crippen LogP contribution >= 0.6 is 0 Å². The van der Waals surface area contributed by atoms with Gasteiger partial charge in [-0.05, 0) is 136 Å². The van der Waals surface area contributed by atoms with Gasteiger partial charge in [-0.3, -0.25) is 19.4 Å². The van der Waals surface area contributed by atoms with Crippen LogP contribution in [0.25, 0.3) is 0 Å². The van der Waals surface area contributed by atoms with Crippen LogP contribution in [0.4, 0.5) is 0 Å². The molecule has 6 atom stereocenters. The molecule has 0 bridgehead atoms. The molecule has 0 saturated heterocycles. The fraction of sp³-hybridized carbons (Fsp3) is 0.516. The average molecular weight is 1260 g/mol. The Labute approximate surface area is 523 Å². The van der Waals surface area contributed by atoms with Gasteiger partial charge in [0.25, 0.3) is 10.2 Å². The lowest BCUT2D eigenvalue weighted by Crippen LogP contribution is -2.46. The number of amides is 2. The molecule has 0 aliphatic carbocycles. The van der Waals surface area contributed by atoms with Crippen molar-refractivity contribution >= 4 is 23.8 Å². The molecule has 0 radical (unpaired) electrons. The molecule has 0 aliphatic heterocycles. The van der Waals surface area contributed by atoms with Crippen LogP contribution in [0.2, 0.25) is 0 Å². The van der Waals surface area contributed by atoms with Crippen molar-refractivity contribution in [2.24, 2.45) is 11.8 Å². The van der Waals surface area contributed by atoms with E-state index in [1.54, 1.807) is 52.7 Å². The van der Waals surface area contributed by atoms with Crippen LogP contribution in [0.1, 0.15) is 99.6 Å². The van der Waals surface area contributed by atoms with Gasteiger partial charge in [-0.2, -0.15) is 10.5 Å². The number of ether oxygens (including phenoxy) is 10. The van der Waals surface area contributed by atoms with Gasteiger partial charge in [0, 0.05) is 50.1 Å². The second-order valence-electron chi connectivity index (χ2n) is 20.5. The maximum Gasteiger partial charge on any atom is 0.421 e. The average Bonchev–Trinajstić information content (AvgIpc) is 1.15. The number of methoxy groups -OCH3 is 6. The van der Waals surface area contributed by atoms with E-state index < -0.39 is 72.8 Å². The van der Waals surface area contributed by atoms with E-state index >= 15 is 0 Å². The Morgan fingerprint density at radius 3 is 1.17 bits per heavy atom. The molecule has 0 heterocycles. The van der Waals surface area contributed by atoms with Gasteiger partial charge in [0.15, 0.2) is 46.0 Å². The molecule has 28 nitrogen and oxygen atoms in total. The first-order chi connectivity index (χ1) is 43.3. The fourth-order valence-corrected chi connectivity index (χ4v) is 9.76. The molecular weight excluding hydrogens is 1180 g/mol. The Morgan fingerprint density at radius 2 is 0.844 bits per heavy atom. The Balaban J connectivity index is 1.67. The maximum absolute atomic E-state index is 13.8. The largest absolute Gasteiger partial charge is 0.493 e. The lowest BCUT2D eigenvalue weighted by atomic mass is 9.92. The molecule has 2 amide bonds. The molecule has 0 saturated carbocycles. The summed E-state index contributed by atoms with van der Waals surface area (Å²) in [6.07, 6.45) is 1.73. The van der Waals surface area contributed by atoms with Crippen molar-refractivity contribution in [3.8, 4) is 58.1 Å². The zero-order valence-electron chi connectivity index (χ0n) is 52.6. The molecule has 4 rings (SSSR count). The molecule has 6 unspecified atom stereocenters. The van der Waals surface area contributed by atoms with E-state index in [1.165, 1.54) is 26.4 Å². The highest BCUT2D eigenvalue weighted by atomic mass is 17.0. The summed E-state index contributed by atoms with van der Waals surface area (Å²) in [6, 6.07) is 25.0. The van der Waals surface area contributed by atoms with Crippen LogP contribution in [-0.4, -0.2) is 152 Å². The van der Waals surface area contributed by atoms with Gasteiger partial charge in [0.1, 0.15) is 13.2 Å². The van der Waals surface area contributed by atoms with Gasteiger partial charge >= 0.3 is 36.3 Å². The Hall–Kier alpha value is -9.54. The normalized spacial score (nSPS) is 12.9. The predicted molar refractivity (Wildman–Crippen MR) is 323 cm³/mol. The quantitative estimate of drug-likeness (QED) is 0.0109. The van der Waals surface area contributed by atoms with E-state index in [1.807, 2.05) is 64.3 Å². The molecule has 28 heteroatoms. The first-order valence-corrected chi connectivity index (χ1v) is 29.1. The first kappa shape index (κ1) is 72.9. The zero-order valence-corrected chi connectivity index (χ0v) is 52.6. The summed E-state index contributed by atoms with van der Waals surface area (Å²) < 4.78 is 55.8. The van der Waals surface area contributed by atoms with Crippen LogP contribution in [0.5, 0.6) is 46.0 Å². The number of nitrogens with one attached hydrogen (secondary N) is 2. The second-order valence-corrected chi connectivity index (χ2v) is 20.5. The molecule has 2 N–H and O–H groups in total. The van der Waals surface area contributed by atoms with Crippen molar-refractivity contribution in [1.29, 1.82) is 10.5 Å². The van der Waals surface area contributed by atoms with Crippen molar-refractivity contribution in [2.45, 2.75) is 103 Å². The van der Waals surface area contributed by atoms with Gasteiger partial charge in [-0.1, -0.05) is 51.0 Å². The van der Waals surface area contributed by atoms with Gasteiger partial charge in [-0.15, -0.1) is 20.2 Å². The van der Waals surface area contributed by atoms with Gasteiger partial charge in [-0.25, -0.2) is 9.59 Å². The highest BCUT2D eigenvalue weighted by molar-refractivity contribution is 6.30. The lowest BCUT2D eigenvalue weighted by molar-refractivity contribution is -0.757. The van der Waals surface area contributed by atoms with E-state index in [0.29, 0.717) is 98.6 Å². The van der Waals surface area contributed by atoms with E-state index in [4.69, 9.17) is 47.4 Å². The highest BCUT2D eigenvalue weighted by Gasteiger charge is 2.35. The number of nitrogens with zero attached hydrogens (tertiary/aromatic N) is 6. The van der Waals surface area contributed by atoms with Crippen molar-refractivity contribution in [3.63, 3.8) is 0 Å². The third-order valence-corrected chi connectivity index (χ3v) is 14.5. The Bertz CT molecular complexity index is 2860. The SMILES string of the molecule is CCCC(C#N)CCC(c1ccc(OC(OC(=O)C(=O)OC(Oc2ccc(C(CCC(C#N)CCC)N(C)CCc3ccc(OC)c(OC)c3)cc2OC)C(=O)NCCO[N+](=O)[O-])C(=O)NCCO[N+](=O)[O-])c(OC)c1)N(C)CCc1ccc(OC)c(OC)c1. The number of esters is 2. The van der Waals surface area contributed by atoms with Crippen LogP contribution in [0.3, 0.4) is 0 Å². The molecule has 0 spiro atoms. The molecule has 0 fully saturated rings. The number of carbonyl (C=O) groups is 4. The second kappa shape index (κ2) is 38.7. The van der Waals surface area contributed by atoms with Crippen molar-refractivity contribution < 1.29 is 86.4 Å². The Morgan fingerprint density at radius 1 is 0.500 bits per heavy atom. The first-order valence-electron chi connectivity index (χ1n) is 29.1. The number of nitriles is 2. The van der Waals surface area contributed by atoms with Crippen LogP contribution in [0, 0.1) is 54.7 Å². The van der Waals surface area contributed by atoms with Crippen molar-refractivity contribution in [1.82, 2.24) is 20.4 Å². The molecule has 4 aromatic carbocycles. The number of rotatable bonds is 42. The Kier molecular flexibility index (Phi) is 31.3. The minimum Gasteiger partial charge on any atom is -0.493 e. The standard InChI is InChI=1S/C62H82N8O20/c1-11-13-43(39-63)15-21-47(67(3)31-27-41-17-23-49(79-5)53(35-41)81-7)45-19-25-51(55(37-45)83-9)87-61(57(71)65-29-33-85-69(75)76)89-59(73)60(74)90-62(58(72)66-30-34-86-70(77)78)88-52-26-20-46(38-56(52)84-10)48(22-16-44(40-64)14-12-2)68(4)32-28-42-18-24-50(80-6)54(36-42)82-8/h17-20,23-26,35-38,43-44,47-48,61-62H,11-16,21-22,27-34H2,1-10H3,(H,65,71)(H,66,72). The molecule has 490 valence electrons. The van der Waals surface area contributed by atoms with Crippen molar-refractivity contribution in [2.75, 3.05) is 96.1 Å². The highest BCUT2D eigenvalue weighted by Crippen LogP contribution is 2.38. The van der Waals surface area contributed by atoms with E-state index in [2.05, 4.69) is 42.2 Å². The number of hydrogen-bond donors (Lipinski definition) is 2. The molecule has 4 aromatic rings. The van der Waals surface area contributed by atoms with Crippen LogP contribution in [0.15, 0.2) is 72.8 Å². The van der Waals surface area contributed by atoms with E-state index in [9.17, 15) is 49.9 Å². The van der Waals surface area contributed by atoms with Gasteiger partial charge < -0.3 is 67.7 Å². The molecular formula is C62H82N8O20. The molecule has 90 heavy (non-hydrogen) atoms. The van der Waals surface area contributed by atoms with Crippen molar-refractivity contribution in [3.05, 3.63) is 115 Å². The fourth-order valence-electron chi connectivity index (χ4n) is 9.76. The minimum atomic E-state index is -2.35. The molecule has 0 aromatic heterocycles. The van der Waals surface area contributed by atoms with Crippen LogP contribution < -0.4 is 48.5 Å². The summed E-state index contributed by atoms with van der Waals surface area (Å²) in [5, 5.41) is 44.1. The van der Waals surface area contributed by atoms with Crippen LogP contribution in [-0.2, 0) is 51.2 Å². The summed E-state index contributed by atoms with van der Waals surface area (Å²) in [4.78, 5) is 89.8. The number of hydrogen-bond acceptors (Lipinski definition) is 24. The third kappa shape index (κ3) is 23.2. The van der Waals surface area contributed by atoms with E-state index in [0.717, 1.165) is 24.0 Å². The summed E-state index contributed by atoms with van der Waals surface area (Å²) in [6.45, 7) is 2.81. The summed E-state index contributed by atoms with van der Waals surface area (Å²) in [7, 11) is 12.7. The monoisotopic (exact) mass is 1260 g/mol. The summed E-state index contributed by atoms with van der Waals surface area (Å²) in [5.41, 5.74) is 3.38. The number of carbonyl (C=O) groups excluding carboxylic acids is 4. The molecule has 0 aliphatic rings. The van der Waals surface area contributed by atoms with Gasteiger partial charge in [0.05, 0.1) is 54.8 Å². The zero-order chi connectivity index (χ0) is 66.1.